The third-order valence-corrected chi connectivity index (χ3v) is 4.93. The number of hydrazine groups is 1. The van der Waals surface area contributed by atoms with Crippen molar-refractivity contribution in [3.8, 4) is 5.69 Å². The Morgan fingerprint density at radius 3 is 2.62 bits per heavy atom. The number of hydroxylamine groups is 1. The Labute approximate surface area is 156 Å². The van der Waals surface area contributed by atoms with Gasteiger partial charge in [-0.3, -0.25) is 19.6 Å². The number of hydrogen-bond donors (Lipinski definition) is 2. The van der Waals surface area contributed by atoms with Crippen LogP contribution in [0.5, 0.6) is 0 Å². The number of carbonyl (C=O) groups is 1. The molecule has 4 rings (SSSR count). The van der Waals surface area contributed by atoms with Crippen molar-refractivity contribution in [3.63, 3.8) is 0 Å². The molecule has 0 saturated carbocycles. The fourth-order valence-corrected chi connectivity index (χ4v) is 3.64. The third kappa shape index (κ3) is 2.84. The monoisotopic (exact) mass is 373 g/mol. The Bertz CT molecular complexity index is 843. The highest BCUT2D eigenvalue weighted by Crippen LogP contribution is 2.38. The predicted octanol–water partition coefficient (Wildman–Crippen LogP) is 2.35. The molecule has 0 bridgehead atoms. The fraction of sp³-hybridized carbons (Fsp3) is 0.278. The average molecular weight is 374 g/mol. The summed E-state index contributed by atoms with van der Waals surface area (Å²) >= 11 is 6.73. The first-order valence-corrected chi connectivity index (χ1v) is 8.86. The maximum Gasteiger partial charge on any atom is 0.257 e. The van der Waals surface area contributed by atoms with E-state index in [2.05, 4.69) is 10.7 Å². The van der Waals surface area contributed by atoms with Crippen molar-refractivity contribution >= 4 is 29.4 Å². The number of nitrogens with zero attached hydrogens (tertiary/aromatic N) is 3. The van der Waals surface area contributed by atoms with Crippen LogP contribution in [0.3, 0.4) is 0 Å². The second kappa shape index (κ2) is 7.03. The summed E-state index contributed by atoms with van der Waals surface area (Å²) in [6, 6.07) is 9.70. The van der Waals surface area contributed by atoms with Crippen LogP contribution in [0.4, 0.5) is 5.82 Å². The largest absolute Gasteiger partial charge is 0.336 e. The van der Waals surface area contributed by atoms with Crippen LogP contribution in [0.15, 0.2) is 36.5 Å². The number of halogens is 1. The number of nitrogens with one attached hydrogen (secondary N) is 2. The molecule has 1 amide bonds. The molecular weight excluding hydrogens is 354 g/mol. The van der Waals surface area contributed by atoms with Crippen LogP contribution in [0.2, 0.25) is 5.15 Å². The number of carbonyl (C=O) groups excluding carboxylic acids is 1. The first kappa shape index (κ1) is 17.0. The summed E-state index contributed by atoms with van der Waals surface area (Å²) in [7, 11) is 1.56. The molecule has 0 spiro atoms. The molecule has 1 aromatic heterocycles. The van der Waals surface area contributed by atoms with Gasteiger partial charge >= 0.3 is 0 Å². The minimum atomic E-state index is -0.0558. The highest BCUT2D eigenvalue weighted by molar-refractivity contribution is 6.34. The number of fused-ring (bicyclic) bond motifs is 1. The van der Waals surface area contributed by atoms with E-state index in [1.165, 1.54) is 5.17 Å². The molecule has 2 aliphatic heterocycles. The van der Waals surface area contributed by atoms with Gasteiger partial charge in [0, 0.05) is 37.4 Å². The molecule has 0 unspecified atom stereocenters. The second-order valence-electron chi connectivity index (χ2n) is 6.08. The van der Waals surface area contributed by atoms with E-state index < -0.39 is 0 Å². The van der Waals surface area contributed by atoms with Crippen molar-refractivity contribution < 1.29 is 9.63 Å². The molecule has 0 radical (unpaired) electrons. The normalized spacial score (nSPS) is 16.4. The Morgan fingerprint density at radius 2 is 1.92 bits per heavy atom. The molecule has 2 N–H and O–H groups in total. The maximum atomic E-state index is 13.2. The zero-order valence-electron chi connectivity index (χ0n) is 14.4. The Kier molecular flexibility index (Phi) is 4.58. The number of benzene rings is 1. The summed E-state index contributed by atoms with van der Waals surface area (Å²) in [5, 5.41) is 5.12. The third-order valence-electron chi connectivity index (χ3n) is 4.57. The molecule has 0 atom stereocenters. The lowest BCUT2D eigenvalue weighted by Gasteiger charge is -2.28. The van der Waals surface area contributed by atoms with Crippen LogP contribution in [0.25, 0.3) is 11.8 Å². The molecule has 26 heavy (non-hydrogen) atoms. The van der Waals surface area contributed by atoms with Crippen LogP contribution in [-0.2, 0) is 4.84 Å². The summed E-state index contributed by atoms with van der Waals surface area (Å²) < 4.78 is 1.84. The number of para-hydroxylation sites is 1. The zero-order valence-corrected chi connectivity index (χ0v) is 15.2. The number of rotatable bonds is 3. The van der Waals surface area contributed by atoms with Gasteiger partial charge in [0.05, 0.1) is 18.9 Å². The van der Waals surface area contributed by atoms with Crippen molar-refractivity contribution in [2.75, 3.05) is 38.7 Å². The second-order valence-corrected chi connectivity index (χ2v) is 6.44. The van der Waals surface area contributed by atoms with E-state index in [1.54, 1.807) is 13.3 Å². The van der Waals surface area contributed by atoms with E-state index in [4.69, 9.17) is 16.4 Å². The minimum Gasteiger partial charge on any atom is -0.336 e. The van der Waals surface area contributed by atoms with Gasteiger partial charge < -0.3 is 10.2 Å². The minimum absolute atomic E-state index is 0.0558. The number of aromatic nitrogens is 1. The molecule has 7 nitrogen and oxygen atoms in total. The highest BCUT2D eigenvalue weighted by Gasteiger charge is 2.31. The Hall–Kier alpha value is -2.48. The SMILES string of the molecule is CON1C=Cc2c(C(=O)N3CCNCC3)c(Cl)n(-c3ccccc3)c2N1. The summed E-state index contributed by atoms with van der Waals surface area (Å²) in [4.78, 5) is 20.3. The van der Waals surface area contributed by atoms with E-state index in [0.717, 1.165) is 24.3 Å². The standard InChI is InChI=1S/C18H20ClN5O2/c1-26-23-10-7-14-15(18(25)22-11-8-20-9-12-22)16(19)24(17(14)21-23)13-5-3-2-4-6-13/h2-7,10,20-21H,8-9,11-12H2,1H3. The number of anilines is 1. The van der Waals surface area contributed by atoms with Crippen LogP contribution in [-0.4, -0.2) is 53.8 Å². The molecule has 3 heterocycles. The lowest BCUT2D eigenvalue weighted by atomic mass is 10.1. The van der Waals surface area contributed by atoms with Gasteiger partial charge in [0.2, 0.25) is 0 Å². The average Bonchev–Trinajstić information content (AvgIpc) is 2.99. The first-order chi connectivity index (χ1) is 12.7. The van der Waals surface area contributed by atoms with Crippen LogP contribution in [0, 0.1) is 0 Å². The molecule has 136 valence electrons. The summed E-state index contributed by atoms with van der Waals surface area (Å²) in [6.45, 7) is 2.91. The van der Waals surface area contributed by atoms with Gasteiger partial charge in [-0.25, -0.2) is 0 Å². The van der Waals surface area contributed by atoms with Crippen molar-refractivity contribution in [1.82, 2.24) is 20.0 Å². The van der Waals surface area contributed by atoms with E-state index in [0.29, 0.717) is 29.6 Å². The predicted molar refractivity (Wildman–Crippen MR) is 101 cm³/mol. The number of amides is 1. The van der Waals surface area contributed by atoms with E-state index in [-0.39, 0.29) is 5.91 Å². The summed E-state index contributed by atoms with van der Waals surface area (Å²) in [5.74, 6) is 0.642. The lowest BCUT2D eigenvalue weighted by molar-refractivity contribution is -0.0658. The smallest absolute Gasteiger partial charge is 0.257 e. The van der Waals surface area contributed by atoms with Crippen molar-refractivity contribution in [2.24, 2.45) is 0 Å². The Balaban J connectivity index is 1.84. The molecule has 0 aliphatic carbocycles. The molecule has 1 aromatic carbocycles. The van der Waals surface area contributed by atoms with E-state index in [1.807, 2.05) is 45.9 Å². The first-order valence-electron chi connectivity index (χ1n) is 8.48. The number of hydrogen-bond acceptors (Lipinski definition) is 5. The fourth-order valence-electron chi connectivity index (χ4n) is 3.27. The van der Waals surface area contributed by atoms with Crippen LogP contribution >= 0.6 is 11.6 Å². The van der Waals surface area contributed by atoms with Crippen molar-refractivity contribution in [3.05, 3.63) is 52.8 Å². The highest BCUT2D eigenvalue weighted by atomic mass is 35.5. The van der Waals surface area contributed by atoms with Crippen LogP contribution < -0.4 is 10.7 Å². The maximum absolute atomic E-state index is 13.2. The summed E-state index contributed by atoms with van der Waals surface area (Å²) in [6.07, 6.45) is 3.57. The lowest BCUT2D eigenvalue weighted by Crippen LogP contribution is -2.46. The topological polar surface area (TPSA) is 61.8 Å². The van der Waals surface area contributed by atoms with Gasteiger partial charge in [0.15, 0.2) is 0 Å². The van der Waals surface area contributed by atoms with Gasteiger partial charge in [-0.15, -0.1) is 0 Å². The molecule has 8 heteroatoms. The molecule has 2 aliphatic rings. The summed E-state index contributed by atoms with van der Waals surface area (Å²) in [5.41, 5.74) is 5.29. The van der Waals surface area contributed by atoms with E-state index >= 15 is 0 Å². The zero-order chi connectivity index (χ0) is 18.1. The quantitative estimate of drug-likeness (QED) is 0.864. The van der Waals surface area contributed by atoms with Gasteiger partial charge in [-0.05, 0) is 18.2 Å². The van der Waals surface area contributed by atoms with Crippen molar-refractivity contribution in [2.45, 2.75) is 0 Å². The van der Waals surface area contributed by atoms with Gasteiger partial charge in [-0.2, -0.15) is 5.17 Å². The van der Waals surface area contributed by atoms with Crippen LogP contribution in [0.1, 0.15) is 15.9 Å². The molecular formula is C18H20ClN5O2. The van der Waals surface area contributed by atoms with Gasteiger partial charge in [0.25, 0.3) is 5.91 Å². The molecule has 1 fully saturated rings. The van der Waals surface area contributed by atoms with Gasteiger partial charge in [-0.1, -0.05) is 29.8 Å². The van der Waals surface area contributed by atoms with Crippen molar-refractivity contribution in [1.29, 1.82) is 0 Å². The Morgan fingerprint density at radius 1 is 1.19 bits per heavy atom. The van der Waals surface area contributed by atoms with Gasteiger partial charge in [0.1, 0.15) is 11.0 Å². The molecule has 2 aromatic rings. The van der Waals surface area contributed by atoms with E-state index in [9.17, 15) is 4.79 Å². The number of piperazine rings is 1. The molecule has 1 saturated heterocycles.